The molecule has 3 rings (SSSR count). The maximum absolute atomic E-state index is 12.5. The zero-order valence-corrected chi connectivity index (χ0v) is 12.9. The van der Waals surface area contributed by atoms with Crippen LogP contribution in [0.3, 0.4) is 0 Å². The van der Waals surface area contributed by atoms with E-state index in [1.165, 1.54) is 18.7 Å². The maximum atomic E-state index is 12.5. The Balaban J connectivity index is 2.24. The number of amides is 2. The summed E-state index contributed by atoms with van der Waals surface area (Å²) in [6.45, 7) is 0. The molecule has 2 N–H and O–H groups in total. The number of benzene rings is 1. The van der Waals surface area contributed by atoms with Crippen molar-refractivity contribution in [2.45, 2.75) is 6.04 Å². The Bertz CT molecular complexity index is 895. The molecule has 0 spiro atoms. The lowest BCUT2D eigenvalue weighted by Crippen LogP contribution is -2.49. The van der Waals surface area contributed by atoms with E-state index in [0.717, 1.165) is 10.1 Å². The lowest BCUT2D eigenvalue weighted by molar-refractivity contribution is 0.248. The standard InChI is InChI=1S/C15H16N4O4/c1-18-12-10(13(20)19(2)15(18)22)11(16-14(21)17-12)8-4-6-9(23-3)7-5-8/h4-7,11H,1-3H3,(H2,16,17,21). The largest absolute Gasteiger partial charge is 0.497 e. The summed E-state index contributed by atoms with van der Waals surface area (Å²) < 4.78 is 7.39. The van der Waals surface area contributed by atoms with Gasteiger partial charge < -0.3 is 10.1 Å². The van der Waals surface area contributed by atoms with Crippen molar-refractivity contribution >= 4 is 11.8 Å². The van der Waals surface area contributed by atoms with Gasteiger partial charge in [-0.25, -0.2) is 9.59 Å². The quantitative estimate of drug-likeness (QED) is 0.834. The topological polar surface area (TPSA) is 94.4 Å². The van der Waals surface area contributed by atoms with E-state index in [2.05, 4.69) is 10.6 Å². The summed E-state index contributed by atoms with van der Waals surface area (Å²) in [5, 5.41) is 5.26. The van der Waals surface area contributed by atoms with Gasteiger partial charge in [-0.05, 0) is 17.7 Å². The normalized spacial score (nSPS) is 16.3. The van der Waals surface area contributed by atoms with Gasteiger partial charge in [0.25, 0.3) is 5.56 Å². The molecule has 1 aliphatic heterocycles. The number of hydrogen-bond donors (Lipinski definition) is 2. The molecular weight excluding hydrogens is 300 g/mol. The van der Waals surface area contributed by atoms with E-state index in [1.807, 2.05) is 0 Å². The van der Waals surface area contributed by atoms with Gasteiger partial charge in [-0.1, -0.05) is 12.1 Å². The molecular formula is C15H16N4O4. The predicted molar refractivity (Wildman–Crippen MR) is 83.9 cm³/mol. The number of nitrogens with zero attached hydrogens (tertiary/aromatic N) is 2. The molecule has 120 valence electrons. The number of rotatable bonds is 2. The number of methoxy groups -OCH3 is 1. The first-order valence-electron chi connectivity index (χ1n) is 6.95. The molecule has 0 saturated carbocycles. The van der Waals surface area contributed by atoms with Crippen LogP contribution in [0.25, 0.3) is 0 Å². The highest BCUT2D eigenvalue weighted by Gasteiger charge is 2.31. The minimum atomic E-state index is -0.643. The van der Waals surface area contributed by atoms with Crippen LogP contribution in [0, 0.1) is 0 Å². The van der Waals surface area contributed by atoms with Crippen LogP contribution in [0.1, 0.15) is 17.2 Å². The van der Waals surface area contributed by atoms with Crippen LogP contribution in [-0.4, -0.2) is 22.3 Å². The fraction of sp³-hybridized carbons (Fsp3) is 0.267. The minimum absolute atomic E-state index is 0.211. The van der Waals surface area contributed by atoms with E-state index in [-0.39, 0.29) is 5.82 Å². The molecule has 1 aromatic carbocycles. The number of ether oxygens (including phenoxy) is 1. The lowest BCUT2D eigenvalue weighted by atomic mass is 9.98. The van der Waals surface area contributed by atoms with E-state index in [1.54, 1.807) is 31.4 Å². The third-order valence-electron chi connectivity index (χ3n) is 3.94. The van der Waals surface area contributed by atoms with Crippen LogP contribution in [0.15, 0.2) is 33.9 Å². The smallest absolute Gasteiger partial charge is 0.332 e. The van der Waals surface area contributed by atoms with Crippen molar-refractivity contribution in [2.75, 3.05) is 12.4 Å². The van der Waals surface area contributed by atoms with Crippen molar-refractivity contribution in [3.05, 3.63) is 56.2 Å². The molecule has 2 amide bonds. The van der Waals surface area contributed by atoms with Crippen LogP contribution in [0.5, 0.6) is 5.75 Å². The molecule has 0 aliphatic carbocycles. The van der Waals surface area contributed by atoms with Crippen molar-refractivity contribution in [1.29, 1.82) is 0 Å². The van der Waals surface area contributed by atoms with Gasteiger partial charge in [0.2, 0.25) is 0 Å². The van der Waals surface area contributed by atoms with E-state index in [4.69, 9.17) is 4.74 Å². The Morgan fingerprint density at radius 2 is 1.70 bits per heavy atom. The van der Waals surface area contributed by atoms with Crippen LogP contribution in [0.2, 0.25) is 0 Å². The minimum Gasteiger partial charge on any atom is -0.497 e. The first-order chi connectivity index (χ1) is 10.9. The average Bonchev–Trinajstić information content (AvgIpc) is 2.57. The number of aromatic nitrogens is 2. The summed E-state index contributed by atoms with van der Waals surface area (Å²) in [5.74, 6) is 0.880. The molecule has 1 atom stereocenters. The molecule has 0 fully saturated rings. The highest BCUT2D eigenvalue weighted by atomic mass is 16.5. The molecule has 1 aliphatic rings. The molecule has 8 nitrogen and oxygen atoms in total. The van der Waals surface area contributed by atoms with Gasteiger partial charge in [0.1, 0.15) is 11.6 Å². The van der Waals surface area contributed by atoms with Gasteiger partial charge in [-0.2, -0.15) is 0 Å². The van der Waals surface area contributed by atoms with E-state index >= 15 is 0 Å². The summed E-state index contributed by atoms with van der Waals surface area (Å²) in [4.78, 5) is 36.5. The van der Waals surface area contributed by atoms with Gasteiger partial charge in [-0.15, -0.1) is 0 Å². The number of urea groups is 1. The molecule has 1 aromatic heterocycles. The van der Waals surface area contributed by atoms with Crippen molar-refractivity contribution in [1.82, 2.24) is 14.5 Å². The first kappa shape index (κ1) is 14.9. The maximum Gasteiger partial charge on any atom is 0.332 e. The summed E-state index contributed by atoms with van der Waals surface area (Å²) in [7, 11) is 4.48. The zero-order chi connectivity index (χ0) is 16.7. The molecule has 0 saturated heterocycles. The lowest BCUT2D eigenvalue weighted by Gasteiger charge is -2.28. The summed E-state index contributed by atoms with van der Waals surface area (Å²) in [6.07, 6.45) is 0. The highest BCUT2D eigenvalue weighted by Crippen LogP contribution is 2.28. The fourth-order valence-corrected chi connectivity index (χ4v) is 2.67. The Kier molecular flexibility index (Phi) is 3.44. The van der Waals surface area contributed by atoms with Gasteiger partial charge in [-0.3, -0.25) is 19.2 Å². The van der Waals surface area contributed by atoms with Gasteiger partial charge in [0, 0.05) is 14.1 Å². The van der Waals surface area contributed by atoms with Gasteiger partial charge in [0.15, 0.2) is 0 Å². The summed E-state index contributed by atoms with van der Waals surface area (Å²) in [5.41, 5.74) is 0.0952. The first-order valence-corrected chi connectivity index (χ1v) is 6.95. The van der Waals surface area contributed by atoms with Crippen LogP contribution < -0.4 is 26.6 Å². The van der Waals surface area contributed by atoms with Crippen LogP contribution in [-0.2, 0) is 14.1 Å². The van der Waals surface area contributed by atoms with Gasteiger partial charge >= 0.3 is 11.7 Å². The average molecular weight is 316 g/mol. The summed E-state index contributed by atoms with van der Waals surface area (Å²) >= 11 is 0. The van der Waals surface area contributed by atoms with Crippen molar-refractivity contribution in [3.63, 3.8) is 0 Å². The van der Waals surface area contributed by atoms with E-state index in [0.29, 0.717) is 11.3 Å². The van der Waals surface area contributed by atoms with Crippen molar-refractivity contribution < 1.29 is 9.53 Å². The number of hydrogen-bond acceptors (Lipinski definition) is 4. The molecule has 1 unspecified atom stereocenters. The van der Waals surface area contributed by atoms with E-state index < -0.39 is 23.3 Å². The highest BCUT2D eigenvalue weighted by molar-refractivity contribution is 5.92. The second-order valence-electron chi connectivity index (χ2n) is 5.27. The Morgan fingerprint density at radius 3 is 2.30 bits per heavy atom. The Morgan fingerprint density at radius 1 is 1.04 bits per heavy atom. The number of carbonyl (C=O) groups excluding carboxylic acids is 1. The number of carbonyl (C=O) groups is 1. The molecule has 2 heterocycles. The predicted octanol–water partition coefficient (Wildman–Crippen LogP) is 0.317. The number of anilines is 1. The van der Waals surface area contributed by atoms with Crippen molar-refractivity contribution in [2.24, 2.45) is 14.1 Å². The fourth-order valence-electron chi connectivity index (χ4n) is 2.67. The Hall–Kier alpha value is -3.03. The van der Waals surface area contributed by atoms with Crippen molar-refractivity contribution in [3.8, 4) is 5.75 Å². The number of nitrogens with one attached hydrogen (secondary N) is 2. The van der Waals surface area contributed by atoms with Crippen LogP contribution in [0.4, 0.5) is 10.6 Å². The SMILES string of the molecule is COc1ccc(C2NC(=O)Nc3c2c(=O)n(C)c(=O)n3C)cc1. The Labute approximate surface area is 131 Å². The van der Waals surface area contributed by atoms with E-state index in [9.17, 15) is 14.4 Å². The third kappa shape index (κ3) is 2.28. The summed E-state index contributed by atoms with van der Waals surface area (Å²) in [6, 6.07) is 5.91. The molecule has 23 heavy (non-hydrogen) atoms. The second kappa shape index (κ2) is 5.31. The molecule has 0 radical (unpaired) electrons. The molecule has 8 heteroatoms. The third-order valence-corrected chi connectivity index (χ3v) is 3.94. The van der Waals surface area contributed by atoms with Gasteiger partial charge in [0.05, 0.1) is 18.7 Å². The molecule has 2 aromatic rings. The second-order valence-corrected chi connectivity index (χ2v) is 5.27. The monoisotopic (exact) mass is 316 g/mol. The zero-order valence-electron chi connectivity index (χ0n) is 12.9. The molecule has 0 bridgehead atoms. The number of fused-ring (bicyclic) bond motifs is 1. The van der Waals surface area contributed by atoms with Crippen LogP contribution >= 0.6 is 0 Å².